The molecule has 0 aliphatic rings. The van der Waals surface area contributed by atoms with Crippen LogP contribution in [0.4, 0.5) is 0 Å². The summed E-state index contributed by atoms with van der Waals surface area (Å²) < 4.78 is 4.48. The van der Waals surface area contributed by atoms with Gasteiger partial charge in [0.05, 0.1) is 0 Å². The molecule has 0 bridgehead atoms. The van der Waals surface area contributed by atoms with Gasteiger partial charge in [0.2, 0.25) is 0 Å². The number of aliphatic hydroxyl groups excluding tert-OH is 1. The highest BCUT2D eigenvalue weighted by molar-refractivity contribution is 5.81. The van der Waals surface area contributed by atoms with Crippen LogP contribution in [-0.2, 0) is 9.53 Å². The molecule has 1 N–H and O–H groups in total. The van der Waals surface area contributed by atoms with Crippen molar-refractivity contribution in [3.63, 3.8) is 0 Å². The molecule has 0 saturated heterocycles. The molecule has 0 fully saturated rings. The standard InChI is InChI=1S/C9H14O3/c1-3-5-6-8(10)7-12-9(11)4-2/h4,7,10H,2-3,5-6H2,1H3. The van der Waals surface area contributed by atoms with Gasteiger partial charge in [-0.05, 0) is 6.42 Å². The fraction of sp³-hybridized carbons (Fsp3) is 0.444. The minimum absolute atomic E-state index is 0.0899. The molecule has 3 heteroatoms. The van der Waals surface area contributed by atoms with Crippen LogP contribution >= 0.6 is 0 Å². The average molecular weight is 170 g/mol. The summed E-state index contributed by atoms with van der Waals surface area (Å²) >= 11 is 0. The van der Waals surface area contributed by atoms with Crippen molar-refractivity contribution in [2.75, 3.05) is 0 Å². The lowest BCUT2D eigenvalue weighted by Crippen LogP contribution is -1.94. The molecule has 0 atom stereocenters. The van der Waals surface area contributed by atoms with Gasteiger partial charge in [-0.1, -0.05) is 19.9 Å². The van der Waals surface area contributed by atoms with E-state index in [1.165, 1.54) is 0 Å². The maximum atomic E-state index is 10.5. The summed E-state index contributed by atoms with van der Waals surface area (Å²) in [6.07, 6.45) is 4.52. The smallest absolute Gasteiger partial charge is 0.335 e. The quantitative estimate of drug-likeness (QED) is 0.391. The second-order valence-corrected chi connectivity index (χ2v) is 2.35. The fourth-order valence-corrected chi connectivity index (χ4v) is 0.591. The highest BCUT2D eigenvalue weighted by Gasteiger charge is 1.95. The molecule has 12 heavy (non-hydrogen) atoms. The first-order chi connectivity index (χ1) is 5.70. The summed E-state index contributed by atoms with van der Waals surface area (Å²) in [5, 5.41) is 9.07. The molecular formula is C9H14O3. The molecule has 0 aliphatic heterocycles. The molecule has 0 rings (SSSR count). The number of hydrogen-bond donors (Lipinski definition) is 1. The second kappa shape index (κ2) is 6.46. The lowest BCUT2D eigenvalue weighted by Gasteiger charge is -1.97. The first-order valence-electron chi connectivity index (χ1n) is 3.91. The Morgan fingerprint density at radius 2 is 2.33 bits per heavy atom. The number of carbonyl (C=O) groups excluding carboxylic acids is 1. The Morgan fingerprint density at radius 1 is 1.67 bits per heavy atom. The molecule has 3 nitrogen and oxygen atoms in total. The Bertz CT molecular complexity index is 182. The second-order valence-electron chi connectivity index (χ2n) is 2.35. The molecule has 0 aromatic rings. The predicted molar refractivity (Wildman–Crippen MR) is 46.5 cm³/mol. The normalized spacial score (nSPS) is 10.9. The van der Waals surface area contributed by atoms with Crippen molar-refractivity contribution in [2.45, 2.75) is 26.2 Å². The number of ether oxygens (including phenoxy) is 1. The number of aliphatic hydroxyl groups is 1. The Hall–Kier alpha value is -1.25. The van der Waals surface area contributed by atoms with Crippen LogP contribution in [0.3, 0.4) is 0 Å². The Kier molecular flexibility index (Phi) is 5.79. The molecule has 0 aliphatic carbocycles. The molecule has 0 heterocycles. The van der Waals surface area contributed by atoms with E-state index in [0.717, 1.165) is 25.2 Å². The highest BCUT2D eigenvalue weighted by Crippen LogP contribution is 2.03. The van der Waals surface area contributed by atoms with E-state index < -0.39 is 5.97 Å². The zero-order valence-electron chi connectivity index (χ0n) is 7.25. The minimum Gasteiger partial charge on any atom is -0.509 e. The van der Waals surface area contributed by atoms with Gasteiger partial charge in [-0.25, -0.2) is 4.79 Å². The average Bonchev–Trinajstić information content (AvgIpc) is 2.10. The van der Waals surface area contributed by atoms with Crippen LogP contribution in [0, 0.1) is 0 Å². The molecule has 0 amide bonds. The molecular weight excluding hydrogens is 156 g/mol. The van der Waals surface area contributed by atoms with Crippen molar-refractivity contribution >= 4 is 5.97 Å². The zero-order chi connectivity index (χ0) is 9.40. The van der Waals surface area contributed by atoms with Crippen molar-refractivity contribution in [1.29, 1.82) is 0 Å². The molecule has 0 spiro atoms. The van der Waals surface area contributed by atoms with Gasteiger partial charge in [0.15, 0.2) is 0 Å². The van der Waals surface area contributed by atoms with Crippen molar-refractivity contribution in [3.8, 4) is 0 Å². The van der Waals surface area contributed by atoms with Crippen LogP contribution in [0.15, 0.2) is 24.7 Å². The number of allylic oxidation sites excluding steroid dienone is 1. The summed E-state index contributed by atoms with van der Waals surface area (Å²) in [6.45, 7) is 5.23. The van der Waals surface area contributed by atoms with Crippen molar-refractivity contribution in [1.82, 2.24) is 0 Å². The van der Waals surface area contributed by atoms with Gasteiger partial charge in [-0.2, -0.15) is 0 Å². The third kappa shape index (κ3) is 5.53. The van der Waals surface area contributed by atoms with Gasteiger partial charge in [0.1, 0.15) is 12.0 Å². The van der Waals surface area contributed by atoms with Crippen LogP contribution in [0.2, 0.25) is 0 Å². The van der Waals surface area contributed by atoms with E-state index in [9.17, 15) is 4.79 Å². The minimum atomic E-state index is -0.557. The van der Waals surface area contributed by atoms with E-state index in [4.69, 9.17) is 5.11 Å². The number of hydrogen-bond acceptors (Lipinski definition) is 3. The third-order valence-corrected chi connectivity index (χ3v) is 1.26. The summed E-state index contributed by atoms with van der Waals surface area (Å²) in [7, 11) is 0. The lowest BCUT2D eigenvalue weighted by molar-refractivity contribution is -0.132. The van der Waals surface area contributed by atoms with Crippen molar-refractivity contribution in [3.05, 3.63) is 24.7 Å². The van der Waals surface area contributed by atoms with Crippen LogP contribution in [0.1, 0.15) is 26.2 Å². The molecule has 0 aromatic carbocycles. The fourth-order valence-electron chi connectivity index (χ4n) is 0.591. The summed E-state index contributed by atoms with van der Waals surface area (Å²) in [5.74, 6) is -0.468. The van der Waals surface area contributed by atoms with Gasteiger partial charge >= 0.3 is 5.97 Å². The zero-order valence-corrected chi connectivity index (χ0v) is 7.25. The summed E-state index contributed by atoms with van der Waals surface area (Å²) in [6, 6.07) is 0. The molecule has 68 valence electrons. The van der Waals surface area contributed by atoms with Crippen LogP contribution in [-0.4, -0.2) is 11.1 Å². The van der Waals surface area contributed by atoms with Gasteiger partial charge < -0.3 is 9.84 Å². The van der Waals surface area contributed by atoms with Crippen molar-refractivity contribution < 1.29 is 14.6 Å². The maximum Gasteiger partial charge on any atom is 0.335 e. The maximum absolute atomic E-state index is 10.5. The SMILES string of the molecule is C=CC(=O)OC=C(O)CCCC. The van der Waals surface area contributed by atoms with E-state index in [-0.39, 0.29) is 5.76 Å². The topological polar surface area (TPSA) is 46.5 Å². The molecule has 0 unspecified atom stereocenters. The van der Waals surface area contributed by atoms with Gasteiger partial charge in [-0.15, -0.1) is 0 Å². The van der Waals surface area contributed by atoms with Gasteiger partial charge in [-0.3, -0.25) is 0 Å². The van der Waals surface area contributed by atoms with E-state index in [1.807, 2.05) is 6.92 Å². The van der Waals surface area contributed by atoms with Crippen LogP contribution in [0.5, 0.6) is 0 Å². The molecule has 0 aromatic heterocycles. The third-order valence-electron chi connectivity index (χ3n) is 1.26. The largest absolute Gasteiger partial charge is 0.509 e. The van der Waals surface area contributed by atoms with Crippen LogP contribution < -0.4 is 0 Å². The van der Waals surface area contributed by atoms with E-state index in [1.54, 1.807) is 0 Å². The molecule has 0 saturated carbocycles. The monoisotopic (exact) mass is 170 g/mol. The molecule has 0 radical (unpaired) electrons. The summed E-state index contributed by atoms with van der Waals surface area (Å²) in [4.78, 5) is 10.5. The number of unbranched alkanes of at least 4 members (excludes halogenated alkanes) is 1. The van der Waals surface area contributed by atoms with E-state index in [2.05, 4.69) is 11.3 Å². The van der Waals surface area contributed by atoms with Crippen molar-refractivity contribution in [2.24, 2.45) is 0 Å². The van der Waals surface area contributed by atoms with Gasteiger partial charge in [0, 0.05) is 12.5 Å². The van der Waals surface area contributed by atoms with Crippen LogP contribution in [0.25, 0.3) is 0 Å². The summed E-state index contributed by atoms with van der Waals surface area (Å²) in [5.41, 5.74) is 0. The number of carbonyl (C=O) groups is 1. The Morgan fingerprint density at radius 3 is 2.83 bits per heavy atom. The number of esters is 1. The predicted octanol–water partition coefficient (Wildman–Crippen LogP) is 2.31. The first kappa shape index (κ1) is 10.8. The first-order valence-corrected chi connectivity index (χ1v) is 3.91. The Balaban J connectivity index is 3.67. The lowest BCUT2D eigenvalue weighted by atomic mass is 10.2. The van der Waals surface area contributed by atoms with E-state index in [0.29, 0.717) is 6.42 Å². The number of rotatable bonds is 5. The highest BCUT2D eigenvalue weighted by atomic mass is 16.5. The van der Waals surface area contributed by atoms with E-state index >= 15 is 0 Å². The van der Waals surface area contributed by atoms with Gasteiger partial charge in [0.25, 0.3) is 0 Å². The Labute approximate surface area is 72.3 Å².